The fraction of sp³-hybridized carbons (Fsp3) is 0.462. The Morgan fingerprint density at radius 2 is 2.28 bits per heavy atom. The van der Waals surface area contributed by atoms with Gasteiger partial charge in [0.25, 0.3) is 0 Å². The van der Waals surface area contributed by atoms with Gasteiger partial charge in [-0.05, 0) is 18.6 Å². The zero-order valence-electron chi connectivity index (χ0n) is 10.0. The second-order valence-corrected chi connectivity index (χ2v) is 5.86. The maximum atomic E-state index is 11.8. The second kappa shape index (κ2) is 6.45. The van der Waals surface area contributed by atoms with Crippen LogP contribution in [0.3, 0.4) is 0 Å². The quantitative estimate of drug-likeness (QED) is 0.864. The highest BCUT2D eigenvalue weighted by atomic mass is 35.5. The molecule has 0 unspecified atom stereocenters. The molecule has 0 aliphatic carbocycles. The third-order valence-corrected chi connectivity index (χ3v) is 4.44. The molecule has 0 spiro atoms. The number of hydrogen-bond donors (Lipinski definition) is 1. The predicted molar refractivity (Wildman–Crippen MR) is 74.0 cm³/mol. The highest BCUT2D eigenvalue weighted by Gasteiger charge is 2.23. The highest BCUT2D eigenvalue weighted by molar-refractivity contribution is 7.99. The van der Waals surface area contributed by atoms with Crippen LogP contribution in [-0.2, 0) is 4.79 Å². The zero-order valence-corrected chi connectivity index (χ0v) is 11.6. The number of likely N-dealkylation sites (tertiary alicyclic amines) is 1. The number of halogens is 1. The lowest BCUT2D eigenvalue weighted by Gasteiger charge is -2.15. The van der Waals surface area contributed by atoms with Gasteiger partial charge in [-0.2, -0.15) is 0 Å². The molecule has 1 aromatic rings. The van der Waals surface area contributed by atoms with Crippen molar-refractivity contribution in [2.75, 3.05) is 18.8 Å². The molecule has 1 amide bonds. The van der Waals surface area contributed by atoms with E-state index < -0.39 is 0 Å². The molecule has 98 valence electrons. The van der Waals surface area contributed by atoms with Crippen LogP contribution in [0.1, 0.15) is 12.8 Å². The fourth-order valence-electron chi connectivity index (χ4n) is 1.94. The Hall–Kier alpha value is -0.710. The van der Waals surface area contributed by atoms with Crippen molar-refractivity contribution in [2.24, 2.45) is 0 Å². The van der Waals surface area contributed by atoms with Gasteiger partial charge in [-0.1, -0.05) is 23.7 Å². The molecular formula is C13H16ClNO2S. The number of carbonyl (C=O) groups is 1. The normalized spacial score (nSPS) is 19.2. The van der Waals surface area contributed by atoms with E-state index in [0.29, 0.717) is 25.9 Å². The Balaban J connectivity index is 1.75. The Kier molecular flexibility index (Phi) is 4.92. The topological polar surface area (TPSA) is 40.5 Å². The summed E-state index contributed by atoms with van der Waals surface area (Å²) in [7, 11) is 0. The molecule has 18 heavy (non-hydrogen) atoms. The number of benzene rings is 1. The minimum atomic E-state index is -0.342. The fourth-order valence-corrected chi connectivity index (χ4v) is 3.11. The van der Waals surface area contributed by atoms with E-state index in [2.05, 4.69) is 0 Å². The summed E-state index contributed by atoms with van der Waals surface area (Å²) in [5.41, 5.74) is 0. The van der Waals surface area contributed by atoms with E-state index in [1.165, 1.54) is 0 Å². The number of carbonyl (C=O) groups excluding carboxylic acids is 1. The third kappa shape index (κ3) is 3.64. The molecule has 1 aliphatic rings. The monoisotopic (exact) mass is 285 g/mol. The minimum Gasteiger partial charge on any atom is -0.391 e. The van der Waals surface area contributed by atoms with Gasteiger partial charge in [0, 0.05) is 30.2 Å². The van der Waals surface area contributed by atoms with Gasteiger partial charge in [-0.15, -0.1) is 11.8 Å². The molecule has 1 aromatic carbocycles. The average Bonchev–Trinajstić information content (AvgIpc) is 2.78. The number of aliphatic hydroxyl groups is 1. The largest absolute Gasteiger partial charge is 0.391 e. The van der Waals surface area contributed by atoms with Gasteiger partial charge in [0.2, 0.25) is 5.91 Å². The van der Waals surface area contributed by atoms with Crippen molar-refractivity contribution in [2.45, 2.75) is 23.8 Å². The smallest absolute Gasteiger partial charge is 0.223 e. The van der Waals surface area contributed by atoms with Crippen LogP contribution in [0.25, 0.3) is 0 Å². The molecule has 5 heteroatoms. The van der Waals surface area contributed by atoms with E-state index in [1.54, 1.807) is 16.7 Å². The molecule has 1 heterocycles. The molecule has 1 aliphatic heterocycles. The number of nitrogens with zero attached hydrogens (tertiary/aromatic N) is 1. The molecule has 0 radical (unpaired) electrons. The first-order valence-corrected chi connectivity index (χ1v) is 7.36. The van der Waals surface area contributed by atoms with Crippen LogP contribution in [0.5, 0.6) is 0 Å². The molecule has 1 N–H and O–H groups in total. The third-order valence-electron chi connectivity index (χ3n) is 2.93. The summed E-state index contributed by atoms with van der Waals surface area (Å²) < 4.78 is 0. The van der Waals surface area contributed by atoms with Gasteiger partial charge in [-0.3, -0.25) is 4.79 Å². The van der Waals surface area contributed by atoms with E-state index in [0.717, 1.165) is 15.7 Å². The van der Waals surface area contributed by atoms with Crippen LogP contribution in [0.2, 0.25) is 5.02 Å². The number of β-amino-alcohol motifs (C(OH)–C–C–N with tert-alkyl or cyclic N) is 1. The summed E-state index contributed by atoms with van der Waals surface area (Å²) in [5.74, 6) is 0.834. The molecular weight excluding hydrogens is 270 g/mol. The summed E-state index contributed by atoms with van der Waals surface area (Å²) in [6, 6.07) is 7.63. The first-order valence-electron chi connectivity index (χ1n) is 6.00. The van der Waals surface area contributed by atoms with Crippen molar-refractivity contribution in [1.82, 2.24) is 4.90 Å². The summed E-state index contributed by atoms with van der Waals surface area (Å²) in [6.07, 6.45) is 0.844. The predicted octanol–water partition coefficient (Wildman–Crippen LogP) is 2.42. The van der Waals surface area contributed by atoms with E-state index in [1.807, 2.05) is 24.3 Å². The van der Waals surface area contributed by atoms with Crippen molar-refractivity contribution >= 4 is 29.3 Å². The summed E-state index contributed by atoms with van der Waals surface area (Å²) >= 11 is 7.63. The molecule has 1 saturated heterocycles. The summed E-state index contributed by atoms with van der Waals surface area (Å²) in [5, 5.41) is 10.1. The second-order valence-electron chi connectivity index (χ2n) is 4.31. The first-order chi connectivity index (χ1) is 8.66. The van der Waals surface area contributed by atoms with Crippen molar-refractivity contribution in [3.8, 4) is 0 Å². The number of hydrogen-bond acceptors (Lipinski definition) is 3. The van der Waals surface area contributed by atoms with Crippen molar-refractivity contribution in [3.05, 3.63) is 29.3 Å². The molecule has 3 nitrogen and oxygen atoms in total. The lowest BCUT2D eigenvalue weighted by Crippen LogP contribution is -2.29. The van der Waals surface area contributed by atoms with Crippen LogP contribution >= 0.6 is 23.4 Å². The van der Waals surface area contributed by atoms with Gasteiger partial charge in [0.05, 0.1) is 11.1 Å². The van der Waals surface area contributed by atoms with Crippen LogP contribution in [0.4, 0.5) is 0 Å². The Labute approximate surface area is 116 Å². The van der Waals surface area contributed by atoms with Gasteiger partial charge in [0.15, 0.2) is 0 Å². The Morgan fingerprint density at radius 3 is 2.94 bits per heavy atom. The molecule has 0 aromatic heterocycles. The number of rotatable bonds is 4. The SMILES string of the molecule is O=C(CCSc1ccccc1Cl)N1CC[C@H](O)C1. The van der Waals surface area contributed by atoms with Crippen LogP contribution in [0, 0.1) is 0 Å². The van der Waals surface area contributed by atoms with Crippen molar-refractivity contribution in [1.29, 1.82) is 0 Å². The van der Waals surface area contributed by atoms with Crippen LogP contribution in [-0.4, -0.2) is 40.9 Å². The molecule has 0 saturated carbocycles. The average molecular weight is 286 g/mol. The summed E-state index contributed by atoms with van der Waals surface area (Å²) in [6.45, 7) is 1.16. The maximum absolute atomic E-state index is 11.8. The van der Waals surface area contributed by atoms with Crippen LogP contribution in [0.15, 0.2) is 29.2 Å². The van der Waals surface area contributed by atoms with E-state index in [-0.39, 0.29) is 12.0 Å². The van der Waals surface area contributed by atoms with Crippen molar-refractivity contribution in [3.63, 3.8) is 0 Å². The minimum absolute atomic E-state index is 0.117. The van der Waals surface area contributed by atoms with Crippen molar-refractivity contribution < 1.29 is 9.90 Å². The van der Waals surface area contributed by atoms with Crippen LogP contribution < -0.4 is 0 Å². The van der Waals surface area contributed by atoms with Gasteiger partial charge >= 0.3 is 0 Å². The van der Waals surface area contributed by atoms with Gasteiger partial charge in [-0.25, -0.2) is 0 Å². The zero-order chi connectivity index (χ0) is 13.0. The summed E-state index contributed by atoms with van der Waals surface area (Å²) in [4.78, 5) is 14.6. The molecule has 2 rings (SSSR count). The van der Waals surface area contributed by atoms with E-state index in [9.17, 15) is 9.90 Å². The van der Waals surface area contributed by atoms with E-state index >= 15 is 0 Å². The molecule has 1 fully saturated rings. The standard InChI is InChI=1S/C13H16ClNO2S/c14-11-3-1-2-4-12(11)18-8-6-13(17)15-7-5-10(16)9-15/h1-4,10,16H,5-9H2/t10-/m0/s1. The first kappa shape index (κ1) is 13.7. The lowest BCUT2D eigenvalue weighted by atomic mass is 10.3. The number of aliphatic hydroxyl groups excluding tert-OH is 1. The van der Waals surface area contributed by atoms with Gasteiger partial charge in [0.1, 0.15) is 0 Å². The highest BCUT2D eigenvalue weighted by Crippen LogP contribution is 2.27. The number of thioether (sulfide) groups is 1. The lowest BCUT2D eigenvalue weighted by molar-refractivity contribution is -0.130. The number of amides is 1. The Bertz CT molecular complexity index is 427. The molecule has 1 atom stereocenters. The maximum Gasteiger partial charge on any atom is 0.223 e. The Morgan fingerprint density at radius 1 is 1.50 bits per heavy atom. The van der Waals surface area contributed by atoms with E-state index in [4.69, 9.17) is 11.6 Å². The molecule has 0 bridgehead atoms. The van der Waals surface area contributed by atoms with Gasteiger partial charge < -0.3 is 10.0 Å².